The Morgan fingerprint density at radius 1 is 1.29 bits per heavy atom. The first-order chi connectivity index (χ1) is 13.5. The number of aromatic amines is 1. The number of nitrogens with zero attached hydrogens (tertiary/aromatic N) is 2. The van der Waals surface area contributed by atoms with Crippen LogP contribution in [0.5, 0.6) is 5.88 Å². The second-order valence-electron chi connectivity index (χ2n) is 6.06. The van der Waals surface area contributed by atoms with Crippen molar-refractivity contribution in [3.8, 4) is 5.88 Å². The second-order valence-corrected chi connectivity index (χ2v) is 6.49. The van der Waals surface area contributed by atoms with Crippen LogP contribution in [0.3, 0.4) is 0 Å². The van der Waals surface area contributed by atoms with Crippen LogP contribution in [0.15, 0.2) is 29.3 Å². The highest BCUT2D eigenvalue weighted by Gasteiger charge is 2.18. The number of methoxy groups -OCH3 is 1. The Balaban J connectivity index is 1.92. The number of anilines is 1. The number of benzene rings is 1. The minimum absolute atomic E-state index is 0.0354. The molecule has 0 atom stereocenters. The van der Waals surface area contributed by atoms with E-state index in [0.29, 0.717) is 22.8 Å². The van der Waals surface area contributed by atoms with Gasteiger partial charge in [-0.25, -0.2) is 9.97 Å². The Kier molecular flexibility index (Phi) is 5.79. The van der Waals surface area contributed by atoms with E-state index in [1.807, 2.05) is 13.8 Å². The third kappa shape index (κ3) is 3.77. The molecule has 0 radical (unpaired) electrons. The van der Waals surface area contributed by atoms with Crippen molar-refractivity contribution in [1.82, 2.24) is 20.3 Å². The number of H-pyrrole nitrogens is 1. The predicted molar refractivity (Wildman–Crippen MR) is 108 cm³/mol. The maximum atomic E-state index is 12.7. The zero-order valence-electron chi connectivity index (χ0n) is 15.7. The van der Waals surface area contributed by atoms with E-state index in [2.05, 4.69) is 25.6 Å². The predicted octanol–water partition coefficient (Wildman–Crippen LogP) is 2.65. The summed E-state index contributed by atoms with van der Waals surface area (Å²) in [5.41, 5.74) is 2.40. The van der Waals surface area contributed by atoms with Gasteiger partial charge >= 0.3 is 0 Å². The zero-order valence-corrected chi connectivity index (χ0v) is 16.5. The summed E-state index contributed by atoms with van der Waals surface area (Å²) < 4.78 is 5.26. The summed E-state index contributed by atoms with van der Waals surface area (Å²) in [6, 6.07) is 3.37. The number of rotatable bonds is 6. The van der Waals surface area contributed by atoms with E-state index in [0.717, 1.165) is 11.3 Å². The zero-order chi connectivity index (χ0) is 20.3. The number of nitrogens with one attached hydrogen (secondary N) is 3. The van der Waals surface area contributed by atoms with Crippen molar-refractivity contribution in [2.45, 2.75) is 20.4 Å². The van der Waals surface area contributed by atoms with Gasteiger partial charge in [0, 0.05) is 35.2 Å². The quantitative estimate of drug-likeness (QED) is 0.585. The normalized spacial score (nSPS) is 10.7. The molecule has 2 heterocycles. The Morgan fingerprint density at radius 2 is 2.04 bits per heavy atom. The molecule has 0 aliphatic carbocycles. The summed E-state index contributed by atoms with van der Waals surface area (Å²) >= 11 is 6.15. The molecule has 0 aliphatic heterocycles. The number of fused-ring (bicyclic) bond motifs is 1. The molecule has 146 valence electrons. The van der Waals surface area contributed by atoms with Crippen molar-refractivity contribution in [2.75, 3.05) is 19.0 Å². The molecule has 3 aromatic rings. The molecular weight excluding hydrogens is 382 g/mol. The molecule has 2 aromatic heterocycles. The average Bonchev–Trinajstić information content (AvgIpc) is 2.69. The van der Waals surface area contributed by atoms with Crippen molar-refractivity contribution in [2.24, 2.45) is 0 Å². The summed E-state index contributed by atoms with van der Waals surface area (Å²) in [7, 11) is 1.43. The van der Waals surface area contributed by atoms with E-state index >= 15 is 0 Å². The number of carbonyl (C=O) groups is 1. The summed E-state index contributed by atoms with van der Waals surface area (Å²) in [5.74, 6) is -0.116. The van der Waals surface area contributed by atoms with Crippen LogP contribution in [-0.2, 0) is 6.54 Å². The van der Waals surface area contributed by atoms with Crippen LogP contribution in [0, 0.1) is 6.92 Å². The van der Waals surface area contributed by atoms with Crippen LogP contribution in [0.2, 0.25) is 5.02 Å². The number of hydrogen-bond donors (Lipinski definition) is 3. The molecule has 0 unspecified atom stereocenters. The van der Waals surface area contributed by atoms with Gasteiger partial charge in [-0.05, 0) is 31.5 Å². The van der Waals surface area contributed by atoms with Gasteiger partial charge in [0.25, 0.3) is 5.91 Å². The third-order valence-corrected chi connectivity index (χ3v) is 4.53. The van der Waals surface area contributed by atoms with Crippen LogP contribution in [-0.4, -0.2) is 34.5 Å². The van der Waals surface area contributed by atoms with Crippen molar-refractivity contribution in [1.29, 1.82) is 0 Å². The second kappa shape index (κ2) is 8.26. The van der Waals surface area contributed by atoms with Crippen LogP contribution >= 0.6 is 11.6 Å². The number of hydrogen-bond acceptors (Lipinski definition) is 6. The van der Waals surface area contributed by atoms with E-state index < -0.39 is 0 Å². The molecule has 3 rings (SSSR count). The van der Waals surface area contributed by atoms with Gasteiger partial charge in [0.05, 0.1) is 19.2 Å². The third-order valence-electron chi connectivity index (χ3n) is 4.31. The highest BCUT2D eigenvalue weighted by Crippen LogP contribution is 2.25. The highest BCUT2D eigenvalue weighted by atomic mass is 35.5. The summed E-state index contributed by atoms with van der Waals surface area (Å²) in [4.78, 5) is 36.5. The molecule has 0 bridgehead atoms. The van der Waals surface area contributed by atoms with Crippen LogP contribution < -0.4 is 20.8 Å². The first kappa shape index (κ1) is 19.6. The maximum Gasteiger partial charge on any atom is 0.251 e. The fourth-order valence-electron chi connectivity index (χ4n) is 2.91. The lowest BCUT2D eigenvalue weighted by Gasteiger charge is -2.14. The van der Waals surface area contributed by atoms with Crippen LogP contribution in [0.1, 0.15) is 28.4 Å². The summed E-state index contributed by atoms with van der Waals surface area (Å²) in [6.45, 7) is 4.46. The Bertz CT molecular complexity index is 1100. The smallest absolute Gasteiger partial charge is 0.251 e. The lowest BCUT2D eigenvalue weighted by Crippen LogP contribution is -2.28. The highest BCUT2D eigenvalue weighted by molar-refractivity contribution is 6.31. The molecule has 0 saturated carbocycles. The standard InChI is InChI=1S/C19H20ClN5O3/c1-4-21-14-8-11(20)7-12(10(14)2)18(27)24-9-13-16(26)15-17(23-6-5-22-15)25-19(13)28-3/h5-8,21H,4,9H2,1-3H3,(H,24,27)(H,23,25,26). The van der Waals surface area contributed by atoms with Gasteiger partial charge in [-0.2, -0.15) is 0 Å². The number of amides is 1. The topological polar surface area (TPSA) is 109 Å². The SMILES string of the molecule is CCNc1cc(Cl)cc(C(=O)NCc2c(OC)[nH]c3nccnc3c2=O)c1C. The fourth-order valence-corrected chi connectivity index (χ4v) is 3.13. The molecule has 8 nitrogen and oxygen atoms in total. The van der Waals surface area contributed by atoms with Crippen molar-refractivity contribution >= 4 is 34.4 Å². The Labute approximate surface area is 166 Å². The number of pyridine rings is 1. The summed E-state index contributed by atoms with van der Waals surface area (Å²) in [5, 5.41) is 6.39. The number of halogens is 1. The van der Waals surface area contributed by atoms with E-state index in [9.17, 15) is 9.59 Å². The average molecular weight is 402 g/mol. The minimum Gasteiger partial charge on any atom is -0.482 e. The molecule has 1 aromatic carbocycles. The van der Waals surface area contributed by atoms with Gasteiger partial charge in [-0.15, -0.1) is 0 Å². The molecule has 9 heteroatoms. The molecule has 1 amide bonds. The monoisotopic (exact) mass is 401 g/mol. The molecule has 0 saturated heterocycles. The van der Waals surface area contributed by atoms with E-state index in [-0.39, 0.29) is 34.8 Å². The summed E-state index contributed by atoms with van der Waals surface area (Å²) in [6.07, 6.45) is 2.91. The van der Waals surface area contributed by atoms with Crippen molar-refractivity contribution in [3.63, 3.8) is 0 Å². The lowest BCUT2D eigenvalue weighted by molar-refractivity contribution is 0.0950. The molecule has 0 fully saturated rings. The first-order valence-corrected chi connectivity index (χ1v) is 9.06. The number of ether oxygens (including phenoxy) is 1. The molecule has 0 spiro atoms. The Morgan fingerprint density at radius 3 is 2.75 bits per heavy atom. The van der Waals surface area contributed by atoms with Gasteiger partial charge in [-0.3, -0.25) is 9.59 Å². The Hall–Kier alpha value is -3.13. The van der Waals surface area contributed by atoms with E-state index in [1.165, 1.54) is 19.5 Å². The fraction of sp³-hybridized carbons (Fsp3) is 0.263. The molecule has 3 N–H and O–H groups in total. The van der Waals surface area contributed by atoms with Gasteiger partial charge in [0.1, 0.15) is 0 Å². The number of aromatic nitrogens is 3. The van der Waals surface area contributed by atoms with E-state index in [4.69, 9.17) is 16.3 Å². The van der Waals surface area contributed by atoms with Crippen LogP contribution in [0.4, 0.5) is 5.69 Å². The first-order valence-electron chi connectivity index (χ1n) is 8.68. The van der Waals surface area contributed by atoms with Crippen molar-refractivity contribution < 1.29 is 9.53 Å². The van der Waals surface area contributed by atoms with Gasteiger partial charge in [0.15, 0.2) is 11.2 Å². The number of carbonyl (C=O) groups excluding carboxylic acids is 1. The van der Waals surface area contributed by atoms with Crippen molar-refractivity contribution in [3.05, 3.63) is 56.5 Å². The minimum atomic E-state index is -0.352. The maximum absolute atomic E-state index is 12.7. The van der Waals surface area contributed by atoms with Gasteiger partial charge in [-0.1, -0.05) is 11.6 Å². The molecule has 0 aliphatic rings. The van der Waals surface area contributed by atoms with Gasteiger partial charge < -0.3 is 20.4 Å². The van der Waals surface area contributed by atoms with Crippen LogP contribution in [0.25, 0.3) is 11.2 Å². The van der Waals surface area contributed by atoms with E-state index in [1.54, 1.807) is 12.1 Å². The molecular formula is C19H20ClN5O3. The lowest BCUT2D eigenvalue weighted by atomic mass is 10.1. The molecule has 28 heavy (non-hydrogen) atoms. The largest absolute Gasteiger partial charge is 0.482 e. The van der Waals surface area contributed by atoms with Gasteiger partial charge in [0.2, 0.25) is 11.3 Å².